The number of rotatable bonds is 5. The third-order valence-corrected chi connectivity index (χ3v) is 4.08. The first-order valence-electron chi connectivity index (χ1n) is 7.42. The van der Waals surface area contributed by atoms with E-state index in [1.54, 1.807) is 0 Å². The Hall–Kier alpha value is -1.56. The molecule has 0 spiro atoms. The van der Waals surface area contributed by atoms with Gasteiger partial charge in [-0.25, -0.2) is 9.97 Å². The molecule has 0 aromatic carbocycles. The van der Waals surface area contributed by atoms with Crippen LogP contribution >= 0.6 is 11.6 Å². The summed E-state index contributed by atoms with van der Waals surface area (Å²) in [6, 6.07) is 0. The Morgan fingerprint density at radius 2 is 2.38 bits per heavy atom. The highest BCUT2D eigenvalue weighted by Crippen LogP contribution is 2.30. The van der Waals surface area contributed by atoms with Crippen molar-refractivity contribution in [3.8, 4) is 0 Å². The van der Waals surface area contributed by atoms with Gasteiger partial charge < -0.3 is 16.0 Å². The zero-order valence-corrected chi connectivity index (χ0v) is 13.1. The van der Waals surface area contributed by atoms with E-state index >= 15 is 0 Å². The van der Waals surface area contributed by atoms with Crippen LogP contribution in [-0.2, 0) is 4.79 Å². The van der Waals surface area contributed by atoms with Crippen LogP contribution in [0.25, 0.3) is 0 Å². The fraction of sp³-hybridized carbons (Fsp3) is 0.643. The van der Waals surface area contributed by atoms with E-state index in [1.807, 2.05) is 4.90 Å². The normalized spacial score (nSPS) is 18.6. The predicted octanol–water partition coefficient (Wildman–Crippen LogP) is 1.84. The molecule has 2 heterocycles. The van der Waals surface area contributed by atoms with Gasteiger partial charge in [-0.05, 0) is 19.3 Å². The van der Waals surface area contributed by atoms with Gasteiger partial charge in [0.15, 0.2) is 5.82 Å². The van der Waals surface area contributed by atoms with E-state index in [4.69, 9.17) is 17.3 Å². The summed E-state index contributed by atoms with van der Waals surface area (Å²) in [5, 5.41) is 3.36. The summed E-state index contributed by atoms with van der Waals surface area (Å²) in [5.74, 6) is 0.987. The van der Waals surface area contributed by atoms with Gasteiger partial charge >= 0.3 is 0 Å². The van der Waals surface area contributed by atoms with Crippen molar-refractivity contribution in [2.45, 2.75) is 32.6 Å². The van der Waals surface area contributed by atoms with Gasteiger partial charge in [0.1, 0.15) is 17.2 Å². The standard InChI is InChI=1S/C14H22ClN5O/c1-2-3-6-17-14(21)10-5-4-7-20(8-10)13-11(15)12(16)18-9-19-13/h9-10H,2-8H2,1H3,(H,17,21)(H2,16,18,19). The highest BCUT2D eigenvalue weighted by Gasteiger charge is 2.27. The first-order chi connectivity index (χ1) is 10.1. The highest BCUT2D eigenvalue weighted by molar-refractivity contribution is 6.35. The molecule has 1 aliphatic heterocycles. The number of nitrogens with two attached hydrogens (primary N) is 1. The van der Waals surface area contributed by atoms with Crippen molar-refractivity contribution in [2.75, 3.05) is 30.3 Å². The summed E-state index contributed by atoms with van der Waals surface area (Å²) < 4.78 is 0. The van der Waals surface area contributed by atoms with Gasteiger partial charge in [0, 0.05) is 19.6 Å². The summed E-state index contributed by atoms with van der Waals surface area (Å²) in [4.78, 5) is 22.3. The molecule has 1 amide bonds. The molecular formula is C14H22ClN5O. The number of aromatic nitrogens is 2. The number of nitrogen functional groups attached to an aromatic ring is 1. The second-order valence-electron chi connectivity index (χ2n) is 5.33. The van der Waals surface area contributed by atoms with Gasteiger partial charge in [0.05, 0.1) is 5.92 Å². The van der Waals surface area contributed by atoms with Gasteiger partial charge in [-0.2, -0.15) is 0 Å². The molecular weight excluding hydrogens is 290 g/mol. The quantitative estimate of drug-likeness (QED) is 0.811. The van der Waals surface area contributed by atoms with Crippen LogP contribution in [0.3, 0.4) is 0 Å². The lowest BCUT2D eigenvalue weighted by Gasteiger charge is -2.33. The van der Waals surface area contributed by atoms with Crippen molar-refractivity contribution >= 4 is 29.1 Å². The molecule has 21 heavy (non-hydrogen) atoms. The third kappa shape index (κ3) is 3.97. The van der Waals surface area contributed by atoms with E-state index < -0.39 is 0 Å². The molecule has 116 valence electrons. The molecule has 0 radical (unpaired) electrons. The molecule has 1 aliphatic rings. The second-order valence-corrected chi connectivity index (χ2v) is 5.70. The lowest BCUT2D eigenvalue weighted by Crippen LogP contribution is -2.43. The molecule has 0 saturated carbocycles. The zero-order valence-electron chi connectivity index (χ0n) is 12.3. The number of nitrogens with one attached hydrogen (secondary N) is 1. The maximum atomic E-state index is 12.2. The first-order valence-corrected chi connectivity index (χ1v) is 7.80. The van der Waals surface area contributed by atoms with Gasteiger partial charge in [-0.1, -0.05) is 24.9 Å². The summed E-state index contributed by atoms with van der Waals surface area (Å²) >= 11 is 6.16. The Morgan fingerprint density at radius 1 is 1.57 bits per heavy atom. The van der Waals surface area contributed by atoms with E-state index in [2.05, 4.69) is 22.2 Å². The number of carbonyl (C=O) groups is 1. The van der Waals surface area contributed by atoms with Crippen LogP contribution in [0.15, 0.2) is 6.33 Å². The van der Waals surface area contributed by atoms with E-state index in [9.17, 15) is 4.79 Å². The minimum atomic E-state index is -0.0251. The largest absolute Gasteiger partial charge is 0.382 e. The molecule has 6 nitrogen and oxygen atoms in total. The summed E-state index contributed by atoms with van der Waals surface area (Å²) in [6.07, 6.45) is 5.32. The van der Waals surface area contributed by atoms with Crippen LogP contribution in [0.1, 0.15) is 32.6 Å². The molecule has 1 aromatic rings. The average molecular weight is 312 g/mol. The van der Waals surface area contributed by atoms with Crippen LogP contribution in [0, 0.1) is 5.92 Å². The Balaban J connectivity index is 2.00. The minimum Gasteiger partial charge on any atom is -0.382 e. The fourth-order valence-electron chi connectivity index (χ4n) is 2.51. The monoisotopic (exact) mass is 311 g/mol. The molecule has 1 unspecified atom stereocenters. The minimum absolute atomic E-state index is 0.0251. The Labute approximate surface area is 130 Å². The number of piperidine rings is 1. The van der Waals surface area contributed by atoms with Crippen molar-refractivity contribution < 1.29 is 4.79 Å². The Kier molecular flexibility index (Phi) is 5.61. The molecule has 1 aromatic heterocycles. The third-order valence-electron chi connectivity index (χ3n) is 3.72. The van der Waals surface area contributed by atoms with Gasteiger partial charge in [0.2, 0.25) is 5.91 Å². The second kappa shape index (κ2) is 7.45. The molecule has 2 rings (SSSR count). The number of nitrogens with zero attached hydrogens (tertiary/aromatic N) is 3. The molecule has 1 atom stereocenters. The van der Waals surface area contributed by atoms with Crippen molar-refractivity contribution in [3.63, 3.8) is 0 Å². The Morgan fingerprint density at radius 3 is 3.14 bits per heavy atom. The number of hydrogen-bond acceptors (Lipinski definition) is 5. The molecule has 0 bridgehead atoms. The summed E-state index contributed by atoms with van der Waals surface area (Å²) in [6.45, 7) is 4.30. The van der Waals surface area contributed by atoms with Crippen LogP contribution in [-0.4, -0.2) is 35.5 Å². The lowest BCUT2D eigenvalue weighted by molar-refractivity contribution is -0.125. The van der Waals surface area contributed by atoms with Gasteiger partial charge in [-0.15, -0.1) is 0 Å². The van der Waals surface area contributed by atoms with Gasteiger partial charge in [0.25, 0.3) is 0 Å². The SMILES string of the molecule is CCCCNC(=O)C1CCCN(c2ncnc(N)c2Cl)C1. The molecule has 3 N–H and O–H groups in total. The summed E-state index contributed by atoms with van der Waals surface area (Å²) in [5.41, 5.74) is 5.71. The maximum absolute atomic E-state index is 12.2. The first kappa shape index (κ1) is 15.8. The fourth-order valence-corrected chi connectivity index (χ4v) is 2.73. The van der Waals surface area contributed by atoms with E-state index in [0.29, 0.717) is 17.4 Å². The summed E-state index contributed by atoms with van der Waals surface area (Å²) in [7, 11) is 0. The number of unbranched alkanes of at least 4 members (excludes halogenated alkanes) is 1. The van der Waals surface area contributed by atoms with Crippen molar-refractivity contribution in [3.05, 3.63) is 11.3 Å². The molecule has 1 saturated heterocycles. The van der Waals surface area contributed by atoms with E-state index in [-0.39, 0.29) is 17.6 Å². The predicted molar refractivity (Wildman–Crippen MR) is 84.3 cm³/mol. The molecule has 1 fully saturated rings. The average Bonchev–Trinajstić information content (AvgIpc) is 2.50. The molecule has 0 aliphatic carbocycles. The number of anilines is 2. The lowest BCUT2D eigenvalue weighted by atomic mass is 9.97. The number of amides is 1. The van der Waals surface area contributed by atoms with Crippen molar-refractivity contribution in [2.24, 2.45) is 5.92 Å². The molecule has 7 heteroatoms. The van der Waals surface area contributed by atoms with Crippen LogP contribution in [0.2, 0.25) is 5.02 Å². The van der Waals surface area contributed by atoms with Crippen LogP contribution in [0.4, 0.5) is 11.6 Å². The Bertz CT molecular complexity index is 496. The van der Waals surface area contributed by atoms with Crippen molar-refractivity contribution in [1.82, 2.24) is 15.3 Å². The van der Waals surface area contributed by atoms with Crippen LogP contribution in [0.5, 0.6) is 0 Å². The smallest absolute Gasteiger partial charge is 0.224 e. The van der Waals surface area contributed by atoms with Crippen molar-refractivity contribution in [1.29, 1.82) is 0 Å². The van der Waals surface area contributed by atoms with E-state index in [1.165, 1.54) is 6.33 Å². The van der Waals surface area contributed by atoms with E-state index in [0.717, 1.165) is 38.8 Å². The highest BCUT2D eigenvalue weighted by atomic mass is 35.5. The van der Waals surface area contributed by atoms with Crippen LogP contribution < -0.4 is 16.0 Å². The number of carbonyl (C=O) groups excluding carboxylic acids is 1. The zero-order chi connectivity index (χ0) is 15.2. The number of hydrogen-bond donors (Lipinski definition) is 2. The topological polar surface area (TPSA) is 84.1 Å². The maximum Gasteiger partial charge on any atom is 0.224 e. The van der Waals surface area contributed by atoms with Gasteiger partial charge in [-0.3, -0.25) is 4.79 Å². The number of halogens is 1.